The van der Waals surface area contributed by atoms with Crippen LogP contribution in [0.2, 0.25) is 0 Å². The second-order valence-electron chi connectivity index (χ2n) is 5.55. The van der Waals surface area contributed by atoms with Gasteiger partial charge in [-0.25, -0.2) is 9.38 Å². The number of hydrogen-bond acceptors (Lipinski definition) is 4. The summed E-state index contributed by atoms with van der Waals surface area (Å²) in [6.07, 6.45) is 2.89. The molecule has 0 N–H and O–H groups in total. The summed E-state index contributed by atoms with van der Waals surface area (Å²) < 4.78 is 7.95. The molecule has 0 bridgehead atoms. The number of fused-ring (bicyclic) bond motifs is 3. The molecule has 0 amide bonds. The normalized spacial score (nSPS) is 12.3. The van der Waals surface area contributed by atoms with Crippen molar-refractivity contribution in [1.29, 1.82) is 0 Å². The van der Waals surface area contributed by atoms with E-state index in [4.69, 9.17) is 4.74 Å². The Labute approximate surface area is 142 Å². The number of nitrogens with zero attached hydrogens (tertiary/aromatic N) is 2. The molecule has 4 nitrogen and oxygen atoms in total. The molecule has 24 heavy (non-hydrogen) atoms. The summed E-state index contributed by atoms with van der Waals surface area (Å²) in [5.41, 5.74) is 2.67. The number of imidazole rings is 1. The molecule has 120 valence electrons. The van der Waals surface area contributed by atoms with E-state index in [0.717, 1.165) is 33.7 Å². The van der Waals surface area contributed by atoms with Crippen LogP contribution in [0, 0.1) is 0 Å². The first-order chi connectivity index (χ1) is 11.8. The molecule has 0 radical (unpaired) electrons. The quantitative estimate of drug-likeness (QED) is 0.575. The zero-order chi connectivity index (χ0) is 16.5. The minimum absolute atomic E-state index is 0.0185. The van der Waals surface area contributed by atoms with Crippen molar-refractivity contribution in [3.8, 4) is 5.75 Å². The van der Waals surface area contributed by atoms with E-state index < -0.39 is 0 Å². The first-order valence-electron chi connectivity index (χ1n) is 7.91. The molecule has 4 rings (SSSR count). The summed E-state index contributed by atoms with van der Waals surface area (Å²) in [5, 5.41) is 0. The fourth-order valence-corrected chi connectivity index (χ4v) is 3.63. The highest BCUT2D eigenvalue weighted by molar-refractivity contribution is 7.15. The number of thiazole rings is 1. The van der Waals surface area contributed by atoms with Gasteiger partial charge >= 0.3 is 0 Å². The van der Waals surface area contributed by atoms with Crippen molar-refractivity contribution in [2.45, 2.75) is 13.3 Å². The van der Waals surface area contributed by atoms with Gasteiger partial charge in [0.15, 0.2) is 4.96 Å². The smallest absolute Gasteiger partial charge is 0.274 e. The van der Waals surface area contributed by atoms with Crippen LogP contribution in [0.1, 0.15) is 18.9 Å². The third-order valence-corrected chi connectivity index (χ3v) is 4.76. The molecule has 4 aromatic rings. The predicted octanol–water partition coefficient (Wildman–Crippen LogP) is 3.25. The summed E-state index contributed by atoms with van der Waals surface area (Å²) >= 11 is 1.42. The van der Waals surface area contributed by atoms with Crippen LogP contribution in [-0.4, -0.2) is 16.0 Å². The van der Waals surface area contributed by atoms with Crippen molar-refractivity contribution in [2.24, 2.45) is 0 Å². The highest BCUT2D eigenvalue weighted by Gasteiger charge is 2.10. The van der Waals surface area contributed by atoms with Gasteiger partial charge in [-0.3, -0.25) is 4.79 Å². The third kappa shape index (κ3) is 2.57. The molecule has 0 fully saturated rings. The van der Waals surface area contributed by atoms with Crippen LogP contribution in [0.5, 0.6) is 5.75 Å². The SMILES string of the molecule is CCCOc1ccc(C=c2sc3nc4ccccc4n3c2=O)cc1. The molecule has 0 aliphatic heterocycles. The highest BCUT2D eigenvalue weighted by atomic mass is 32.1. The van der Waals surface area contributed by atoms with Gasteiger partial charge in [0.25, 0.3) is 5.56 Å². The molecule has 0 atom stereocenters. The Morgan fingerprint density at radius 3 is 2.75 bits per heavy atom. The Hall–Kier alpha value is -2.66. The summed E-state index contributed by atoms with van der Waals surface area (Å²) in [7, 11) is 0. The van der Waals surface area contributed by atoms with Gasteiger partial charge in [-0.05, 0) is 42.3 Å². The van der Waals surface area contributed by atoms with E-state index in [0.29, 0.717) is 11.1 Å². The van der Waals surface area contributed by atoms with Crippen LogP contribution in [0.4, 0.5) is 0 Å². The number of hydrogen-bond donors (Lipinski definition) is 0. The number of para-hydroxylation sites is 2. The van der Waals surface area contributed by atoms with Crippen molar-refractivity contribution in [3.63, 3.8) is 0 Å². The maximum absolute atomic E-state index is 12.7. The van der Waals surface area contributed by atoms with Crippen molar-refractivity contribution in [3.05, 3.63) is 69.0 Å². The maximum atomic E-state index is 12.7. The second kappa shape index (κ2) is 6.09. The molecule has 5 heteroatoms. The average molecular weight is 336 g/mol. The largest absolute Gasteiger partial charge is 0.494 e. The summed E-state index contributed by atoms with van der Waals surface area (Å²) in [6, 6.07) is 15.5. The Morgan fingerprint density at radius 2 is 1.96 bits per heavy atom. The van der Waals surface area contributed by atoms with Crippen LogP contribution in [0.15, 0.2) is 53.3 Å². The molecule has 2 heterocycles. The first-order valence-corrected chi connectivity index (χ1v) is 8.72. The van der Waals surface area contributed by atoms with Gasteiger partial charge in [0.2, 0.25) is 0 Å². The summed E-state index contributed by atoms with van der Waals surface area (Å²) in [5.74, 6) is 0.850. The minimum atomic E-state index is -0.0185. The van der Waals surface area contributed by atoms with Gasteiger partial charge in [0.1, 0.15) is 5.75 Å². The lowest BCUT2D eigenvalue weighted by molar-refractivity contribution is 0.317. The Balaban J connectivity index is 1.77. The highest BCUT2D eigenvalue weighted by Crippen LogP contribution is 2.16. The van der Waals surface area contributed by atoms with Crippen LogP contribution < -0.4 is 14.8 Å². The number of rotatable bonds is 4. The topological polar surface area (TPSA) is 43.6 Å². The van der Waals surface area contributed by atoms with E-state index in [9.17, 15) is 4.79 Å². The van der Waals surface area contributed by atoms with Crippen molar-refractivity contribution in [2.75, 3.05) is 6.61 Å². The van der Waals surface area contributed by atoms with Gasteiger partial charge in [-0.15, -0.1) is 0 Å². The van der Waals surface area contributed by atoms with E-state index in [2.05, 4.69) is 11.9 Å². The van der Waals surface area contributed by atoms with E-state index in [1.54, 1.807) is 4.40 Å². The van der Waals surface area contributed by atoms with E-state index in [1.807, 2.05) is 54.6 Å². The predicted molar refractivity (Wildman–Crippen MR) is 97.9 cm³/mol. The Bertz CT molecular complexity index is 1110. The van der Waals surface area contributed by atoms with E-state index in [-0.39, 0.29) is 5.56 Å². The van der Waals surface area contributed by atoms with Crippen LogP contribution >= 0.6 is 11.3 Å². The Kier molecular flexibility index (Phi) is 3.78. The van der Waals surface area contributed by atoms with Crippen LogP contribution in [-0.2, 0) is 0 Å². The number of ether oxygens (including phenoxy) is 1. The molecule has 2 aromatic heterocycles. The van der Waals surface area contributed by atoms with Gasteiger partial charge in [-0.2, -0.15) is 0 Å². The Morgan fingerprint density at radius 1 is 1.17 bits per heavy atom. The van der Waals surface area contributed by atoms with Crippen molar-refractivity contribution < 1.29 is 4.74 Å². The molecule has 0 saturated carbocycles. The first kappa shape index (κ1) is 14.9. The van der Waals surface area contributed by atoms with Gasteiger partial charge in [-0.1, -0.05) is 42.5 Å². The number of benzene rings is 2. The fraction of sp³-hybridized carbons (Fsp3) is 0.158. The molecule has 0 unspecified atom stereocenters. The van der Waals surface area contributed by atoms with Crippen molar-refractivity contribution >= 4 is 33.4 Å². The fourth-order valence-electron chi connectivity index (χ4n) is 2.64. The molecule has 2 aromatic carbocycles. The zero-order valence-electron chi connectivity index (χ0n) is 13.2. The summed E-state index contributed by atoms with van der Waals surface area (Å²) in [4.78, 5) is 18.0. The lowest BCUT2D eigenvalue weighted by Gasteiger charge is -2.03. The molecular formula is C19H16N2O2S. The van der Waals surface area contributed by atoms with Crippen LogP contribution in [0.25, 0.3) is 22.1 Å². The maximum Gasteiger partial charge on any atom is 0.274 e. The van der Waals surface area contributed by atoms with Crippen molar-refractivity contribution in [1.82, 2.24) is 9.38 Å². The van der Waals surface area contributed by atoms with Crippen LogP contribution in [0.3, 0.4) is 0 Å². The molecule has 0 aliphatic carbocycles. The zero-order valence-corrected chi connectivity index (χ0v) is 14.0. The second-order valence-corrected chi connectivity index (χ2v) is 6.56. The van der Waals surface area contributed by atoms with Gasteiger partial charge in [0, 0.05) is 0 Å². The lowest BCUT2D eigenvalue weighted by Crippen LogP contribution is -2.22. The standard InChI is InChI=1S/C19H16N2O2S/c1-2-11-23-14-9-7-13(8-10-14)12-17-18(22)21-16-6-4-3-5-15(16)20-19(21)24-17/h3-10,12H,2,11H2,1H3. The molecule has 0 saturated heterocycles. The van der Waals surface area contributed by atoms with E-state index in [1.165, 1.54) is 11.3 Å². The number of aromatic nitrogens is 2. The van der Waals surface area contributed by atoms with E-state index >= 15 is 0 Å². The molecular weight excluding hydrogens is 320 g/mol. The minimum Gasteiger partial charge on any atom is -0.494 e. The monoisotopic (exact) mass is 336 g/mol. The molecule has 0 spiro atoms. The van der Waals surface area contributed by atoms with Gasteiger partial charge < -0.3 is 4.74 Å². The lowest BCUT2D eigenvalue weighted by atomic mass is 10.2. The summed E-state index contributed by atoms with van der Waals surface area (Å²) in [6.45, 7) is 2.79. The van der Waals surface area contributed by atoms with Gasteiger partial charge in [0.05, 0.1) is 22.2 Å². The third-order valence-electron chi connectivity index (χ3n) is 3.80. The average Bonchev–Trinajstić information content (AvgIpc) is 3.11. The molecule has 0 aliphatic rings.